The highest BCUT2D eigenvalue weighted by Crippen LogP contribution is 2.66. The molecule has 2 nitrogen and oxygen atoms in total. The van der Waals surface area contributed by atoms with E-state index in [2.05, 4.69) is 33.8 Å². The number of carbonyl (C=O) groups is 1. The van der Waals surface area contributed by atoms with Crippen LogP contribution in [0.3, 0.4) is 0 Å². The fourth-order valence-corrected chi connectivity index (χ4v) is 8.35. The summed E-state index contributed by atoms with van der Waals surface area (Å²) in [6, 6.07) is 0. The van der Waals surface area contributed by atoms with Crippen molar-refractivity contribution in [1.82, 2.24) is 0 Å². The third-order valence-electron chi connectivity index (χ3n) is 10.1. The smallest absolute Gasteiger partial charge is 0.293 e. The molecule has 4 aliphatic rings. The van der Waals surface area contributed by atoms with Crippen molar-refractivity contribution >= 4 is 6.47 Å². The standard InChI is InChI=1S/C27H44O2/c1-19(2)7-5-6-8-20-10-12-24-23-11-9-21-17-22(29-18-28)13-15-27(21,4)25(23)14-16-26(20,24)3/h9,18-20,22-25H,5-8,10-17H2,1-4H3/t20-,22-,23-,24?,25?,26+,27-/m0/s1. The largest absolute Gasteiger partial charge is 0.464 e. The number of fused-ring (bicyclic) bond motifs is 5. The lowest BCUT2D eigenvalue weighted by molar-refractivity contribution is -0.136. The molecular weight excluding hydrogens is 356 g/mol. The van der Waals surface area contributed by atoms with Crippen molar-refractivity contribution in [3.05, 3.63) is 11.6 Å². The number of hydrogen-bond donors (Lipinski definition) is 0. The van der Waals surface area contributed by atoms with Crippen LogP contribution in [0, 0.1) is 40.4 Å². The first-order chi connectivity index (χ1) is 13.9. The molecule has 0 aromatic heterocycles. The van der Waals surface area contributed by atoms with Gasteiger partial charge >= 0.3 is 0 Å². The highest BCUT2D eigenvalue weighted by atomic mass is 16.5. The highest BCUT2D eigenvalue weighted by molar-refractivity contribution is 5.38. The van der Waals surface area contributed by atoms with Gasteiger partial charge in [-0.3, -0.25) is 4.79 Å². The van der Waals surface area contributed by atoms with E-state index in [0.29, 0.717) is 17.3 Å². The van der Waals surface area contributed by atoms with Crippen LogP contribution in [0.25, 0.3) is 0 Å². The molecule has 4 aliphatic carbocycles. The van der Waals surface area contributed by atoms with Crippen LogP contribution in [0.1, 0.15) is 105 Å². The lowest BCUT2D eigenvalue weighted by Gasteiger charge is -2.58. The van der Waals surface area contributed by atoms with E-state index in [4.69, 9.17) is 4.74 Å². The van der Waals surface area contributed by atoms with Crippen LogP contribution in [-0.4, -0.2) is 12.6 Å². The van der Waals surface area contributed by atoms with Crippen LogP contribution in [0.4, 0.5) is 0 Å². The number of allylic oxidation sites excluding steroid dienone is 1. The van der Waals surface area contributed by atoms with Gasteiger partial charge in [0.15, 0.2) is 0 Å². The summed E-state index contributed by atoms with van der Waals surface area (Å²) in [4.78, 5) is 10.8. The first-order valence-electron chi connectivity index (χ1n) is 12.7. The second kappa shape index (κ2) is 8.39. The zero-order chi connectivity index (χ0) is 20.6. The van der Waals surface area contributed by atoms with E-state index < -0.39 is 0 Å². The predicted molar refractivity (Wildman–Crippen MR) is 119 cm³/mol. The van der Waals surface area contributed by atoms with Gasteiger partial charge in [-0.25, -0.2) is 0 Å². The summed E-state index contributed by atoms with van der Waals surface area (Å²) in [6.07, 6.45) is 18.8. The Morgan fingerprint density at radius 3 is 2.69 bits per heavy atom. The van der Waals surface area contributed by atoms with Crippen molar-refractivity contribution in [3.8, 4) is 0 Å². The van der Waals surface area contributed by atoms with Crippen LogP contribution in [0.15, 0.2) is 11.6 Å². The molecule has 0 saturated heterocycles. The van der Waals surface area contributed by atoms with Crippen LogP contribution in [0.2, 0.25) is 0 Å². The van der Waals surface area contributed by atoms with E-state index in [1.54, 1.807) is 5.57 Å². The Hall–Kier alpha value is -0.790. The molecule has 0 N–H and O–H groups in total. The predicted octanol–water partition coefficient (Wildman–Crippen LogP) is 7.32. The van der Waals surface area contributed by atoms with E-state index in [0.717, 1.165) is 42.4 Å². The maximum Gasteiger partial charge on any atom is 0.293 e. The fraction of sp³-hybridized carbons (Fsp3) is 0.889. The van der Waals surface area contributed by atoms with E-state index in [1.807, 2.05) is 0 Å². The van der Waals surface area contributed by atoms with Crippen LogP contribution >= 0.6 is 0 Å². The van der Waals surface area contributed by atoms with E-state index in [9.17, 15) is 4.79 Å². The Kier molecular flexibility index (Phi) is 6.20. The summed E-state index contributed by atoms with van der Waals surface area (Å²) < 4.78 is 5.35. The van der Waals surface area contributed by atoms with Gasteiger partial charge in [-0.15, -0.1) is 0 Å². The Balaban J connectivity index is 1.44. The average molecular weight is 401 g/mol. The van der Waals surface area contributed by atoms with Gasteiger partial charge in [-0.1, -0.05) is 58.6 Å². The van der Waals surface area contributed by atoms with Gasteiger partial charge in [0, 0.05) is 6.42 Å². The lowest BCUT2D eigenvalue weighted by Crippen LogP contribution is -2.50. The Labute approximate surface area is 179 Å². The van der Waals surface area contributed by atoms with Crippen molar-refractivity contribution in [1.29, 1.82) is 0 Å². The molecule has 0 bridgehead atoms. The van der Waals surface area contributed by atoms with E-state index in [-0.39, 0.29) is 6.10 Å². The summed E-state index contributed by atoms with van der Waals surface area (Å²) >= 11 is 0. The van der Waals surface area contributed by atoms with Crippen molar-refractivity contribution in [2.75, 3.05) is 0 Å². The molecule has 2 heteroatoms. The Bertz CT molecular complexity index is 622. The van der Waals surface area contributed by atoms with Gasteiger partial charge in [0.05, 0.1) is 0 Å². The first kappa shape index (κ1) is 21.4. The number of rotatable bonds is 7. The first-order valence-corrected chi connectivity index (χ1v) is 12.7. The van der Waals surface area contributed by atoms with Gasteiger partial charge in [0.2, 0.25) is 0 Å². The van der Waals surface area contributed by atoms with Crippen molar-refractivity contribution < 1.29 is 9.53 Å². The summed E-state index contributed by atoms with van der Waals surface area (Å²) in [5.41, 5.74) is 2.57. The van der Waals surface area contributed by atoms with Gasteiger partial charge in [0.1, 0.15) is 6.10 Å². The minimum Gasteiger partial charge on any atom is -0.464 e. The van der Waals surface area contributed by atoms with E-state index in [1.165, 1.54) is 64.2 Å². The molecule has 3 saturated carbocycles. The zero-order valence-corrected chi connectivity index (χ0v) is 19.4. The second-order valence-electron chi connectivity index (χ2n) is 11.9. The van der Waals surface area contributed by atoms with Crippen molar-refractivity contribution in [2.45, 2.75) is 111 Å². The Morgan fingerprint density at radius 1 is 1.10 bits per heavy atom. The molecule has 0 spiro atoms. The minimum atomic E-state index is 0.124. The van der Waals surface area contributed by atoms with Crippen molar-refractivity contribution in [3.63, 3.8) is 0 Å². The number of ether oxygens (including phenoxy) is 1. The molecule has 0 aromatic rings. The molecule has 0 radical (unpaired) electrons. The molecule has 4 rings (SSSR count). The average Bonchev–Trinajstić information content (AvgIpc) is 3.02. The summed E-state index contributed by atoms with van der Waals surface area (Å²) in [5.74, 6) is 4.52. The van der Waals surface area contributed by atoms with Gasteiger partial charge in [-0.2, -0.15) is 0 Å². The molecule has 0 aromatic carbocycles. The molecule has 3 fully saturated rings. The normalized spacial score (nSPS) is 43.9. The zero-order valence-electron chi connectivity index (χ0n) is 19.4. The molecule has 0 amide bonds. The third kappa shape index (κ3) is 3.83. The maximum atomic E-state index is 10.8. The van der Waals surface area contributed by atoms with Gasteiger partial charge in [0.25, 0.3) is 6.47 Å². The third-order valence-corrected chi connectivity index (χ3v) is 10.1. The van der Waals surface area contributed by atoms with Crippen molar-refractivity contribution in [2.24, 2.45) is 40.4 Å². The van der Waals surface area contributed by atoms with Crippen LogP contribution in [-0.2, 0) is 9.53 Å². The van der Waals surface area contributed by atoms with Gasteiger partial charge < -0.3 is 4.74 Å². The molecule has 7 atom stereocenters. The molecule has 2 unspecified atom stereocenters. The quantitative estimate of drug-likeness (QED) is 0.254. The number of hydrogen-bond acceptors (Lipinski definition) is 2. The molecule has 164 valence electrons. The van der Waals surface area contributed by atoms with Gasteiger partial charge in [-0.05, 0) is 91.8 Å². The summed E-state index contributed by atoms with van der Waals surface area (Å²) in [7, 11) is 0. The van der Waals surface area contributed by atoms with Crippen LogP contribution < -0.4 is 0 Å². The summed E-state index contributed by atoms with van der Waals surface area (Å²) in [5, 5.41) is 0. The highest BCUT2D eigenvalue weighted by Gasteiger charge is 2.58. The molecular formula is C27H44O2. The lowest BCUT2D eigenvalue weighted by atomic mass is 9.47. The fourth-order valence-electron chi connectivity index (χ4n) is 8.35. The topological polar surface area (TPSA) is 26.3 Å². The molecule has 0 heterocycles. The Morgan fingerprint density at radius 2 is 1.93 bits per heavy atom. The monoisotopic (exact) mass is 400 g/mol. The maximum absolute atomic E-state index is 10.8. The summed E-state index contributed by atoms with van der Waals surface area (Å²) in [6.45, 7) is 10.6. The number of carbonyl (C=O) groups excluding carboxylic acids is 1. The SMILES string of the molecule is CC(C)CCCC[C@H]1CCC2[C@@H]3CC=C4C[C@@H](OC=O)CC[C@]4(C)C3CC[C@@]21C. The molecule has 0 aliphatic heterocycles. The minimum absolute atomic E-state index is 0.124. The van der Waals surface area contributed by atoms with E-state index >= 15 is 0 Å². The molecule has 29 heavy (non-hydrogen) atoms. The second-order valence-corrected chi connectivity index (χ2v) is 11.9. The van der Waals surface area contributed by atoms with Crippen LogP contribution in [0.5, 0.6) is 0 Å². The number of unbranched alkanes of at least 4 members (excludes halogenated alkanes) is 1.